The van der Waals surface area contributed by atoms with Crippen molar-refractivity contribution in [2.24, 2.45) is 28.3 Å². The van der Waals surface area contributed by atoms with Gasteiger partial charge in [-0.2, -0.15) is 0 Å². The Hall–Kier alpha value is -0.730. The Kier molecular flexibility index (Phi) is 3.58. The van der Waals surface area contributed by atoms with E-state index in [1.807, 2.05) is 0 Å². The van der Waals surface area contributed by atoms with Crippen LogP contribution in [-0.2, 0) is 0 Å². The van der Waals surface area contributed by atoms with Crippen LogP contribution in [0.25, 0.3) is 0 Å². The number of hydrogen-bond acceptors (Lipinski definition) is 1. The fraction of sp³-hybridized carbons (Fsp3) is 0.900. The van der Waals surface area contributed by atoms with Crippen molar-refractivity contribution < 1.29 is 0 Å². The van der Waals surface area contributed by atoms with E-state index in [0.29, 0.717) is 17.9 Å². The smallest absolute Gasteiger partial charge is 0.186 e. The molecule has 0 amide bonds. The third-order valence-electron chi connectivity index (χ3n) is 2.95. The molecule has 0 radical (unpaired) electrons. The van der Waals surface area contributed by atoms with Gasteiger partial charge in [0, 0.05) is 0 Å². The van der Waals surface area contributed by atoms with E-state index in [0.717, 1.165) is 6.42 Å². The summed E-state index contributed by atoms with van der Waals surface area (Å²) in [6.45, 7) is 4.51. The van der Waals surface area contributed by atoms with Gasteiger partial charge in [0.1, 0.15) is 0 Å². The molecule has 0 aromatic heterocycles. The quantitative estimate of drug-likeness (QED) is 0.503. The maximum Gasteiger partial charge on any atom is 0.186 e. The van der Waals surface area contributed by atoms with Crippen molar-refractivity contribution in [1.29, 1.82) is 0 Å². The Morgan fingerprint density at radius 3 is 2.38 bits per heavy atom. The Morgan fingerprint density at radius 2 is 1.85 bits per heavy atom. The molecule has 1 aliphatic rings. The van der Waals surface area contributed by atoms with Crippen molar-refractivity contribution in [2.45, 2.75) is 45.6 Å². The second-order valence-corrected chi connectivity index (χ2v) is 4.31. The predicted molar refractivity (Wildman–Crippen MR) is 56.4 cm³/mol. The van der Waals surface area contributed by atoms with Gasteiger partial charge >= 0.3 is 0 Å². The van der Waals surface area contributed by atoms with Crippen LogP contribution in [0, 0.1) is 11.8 Å². The fourth-order valence-corrected chi connectivity index (χ4v) is 2.27. The molecule has 0 bridgehead atoms. The third kappa shape index (κ3) is 2.90. The molecule has 1 saturated carbocycles. The first-order chi connectivity index (χ1) is 6.11. The lowest BCUT2D eigenvalue weighted by atomic mass is 9.78. The summed E-state index contributed by atoms with van der Waals surface area (Å²) in [6, 6.07) is 0.374. The molecular formula is C10H21N3. The lowest BCUT2D eigenvalue weighted by molar-refractivity contribution is 0.241. The summed E-state index contributed by atoms with van der Waals surface area (Å²) in [4.78, 5) is 4.31. The average molecular weight is 183 g/mol. The van der Waals surface area contributed by atoms with E-state index < -0.39 is 0 Å². The van der Waals surface area contributed by atoms with Crippen LogP contribution >= 0.6 is 0 Å². The normalized spacial score (nSPS) is 28.8. The SMILES string of the molecule is CC(C)C1CCCCC1N=C(N)N. The van der Waals surface area contributed by atoms with Gasteiger partial charge in [-0.25, -0.2) is 0 Å². The number of aliphatic imine (C=N–C) groups is 1. The van der Waals surface area contributed by atoms with E-state index in [2.05, 4.69) is 18.8 Å². The van der Waals surface area contributed by atoms with Gasteiger partial charge in [-0.05, 0) is 24.7 Å². The molecule has 3 nitrogen and oxygen atoms in total. The number of rotatable bonds is 2. The van der Waals surface area contributed by atoms with Crippen molar-refractivity contribution in [3.05, 3.63) is 0 Å². The highest BCUT2D eigenvalue weighted by atomic mass is 15.0. The number of hydrogen-bond donors (Lipinski definition) is 2. The van der Waals surface area contributed by atoms with Crippen LogP contribution < -0.4 is 11.5 Å². The van der Waals surface area contributed by atoms with Crippen molar-refractivity contribution >= 4 is 5.96 Å². The first-order valence-electron chi connectivity index (χ1n) is 5.20. The molecule has 13 heavy (non-hydrogen) atoms. The lowest BCUT2D eigenvalue weighted by Crippen LogP contribution is -2.32. The second-order valence-electron chi connectivity index (χ2n) is 4.31. The third-order valence-corrected chi connectivity index (χ3v) is 2.95. The fourth-order valence-electron chi connectivity index (χ4n) is 2.27. The van der Waals surface area contributed by atoms with Gasteiger partial charge in [0.2, 0.25) is 0 Å². The lowest BCUT2D eigenvalue weighted by Gasteiger charge is -2.31. The number of guanidine groups is 1. The van der Waals surface area contributed by atoms with Gasteiger partial charge in [0.25, 0.3) is 0 Å². The first-order valence-corrected chi connectivity index (χ1v) is 5.20. The van der Waals surface area contributed by atoms with E-state index in [1.54, 1.807) is 0 Å². The molecule has 76 valence electrons. The molecule has 1 aliphatic carbocycles. The minimum atomic E-state index is 0.248. The van der Waals surface area contributed by atoms with Gasteiger partial charge in [-0.3, -0.25) is 4.99 Å². The minimum Gasteiger partial charge on any atom is -0.370 e. The van der Waals surface area contributed by atoms with Crippen LogP contribution in [0.1, 0.15) is 39.5 Å². The summed E-state index contributed by atoms with van der Waals surface area (Å²) in [5.41, 5.74) is 10.8. The van der Waals surface area contributed by atoms with Crippen molar-refractivity contribution in [3.8, 4) is 0 Å². The molecular weight excluding hydrogens is 162 g/mol. The zero-order valence-corrected chi connectivity index (χ0v) is 8.66. The van der Waals surface area contributed by atoms with Crippen LogP contribution in [0.15, 0.2) is 4.99 Å². The Balaban J connectivity index is 2.62. The van der Waals surface area contributed by atoms with Gasteiger partial charge in [-0.15, -0.1) is 0 Å². The average Bonchev–Trinajstić information content (AvgIpc) is 2.03. The number of nitrogens with two attached hydrogens (primary N) is 2. The molecule has 3 heteroatoms. The summed E-state index contributed by atoms with van der Waals surface area (Å²) in [6.07, 6.45) is 5.03. The minimum absolute atomic E-state index is 0.248. The van der Waals surface area contributed by atoms with E-state index in [4.69, 9.17) is 11.5 Å². The molecule has 1 fully saturated rings. The Morgan fingerprint density at radius 1 is 1.23 bits per heavy atom. The maximum atomic E-state index is 5.41. The van der Waals surface area contributed by atoms with Crippen LogP contribution in [-0.4, -0.2) is 12.0 Å². The molecule has 0 saturated heterocycles. The van der Waals surface area contributed by atoms with Gasteiger partial charge < -0.3 is 11.5 Å². The van der Waals surface area contributed by atoms with E-state index in [9.17, 15) is 0 Å². The summed E-state index contributed by atoms with van der Waals surface area (Å²) in [5.74, 6) is 1.61. The molecule has 0 aromatic rings. The summed E-state index contributed by atoms with van der Waals surface area (Å²) in [7, 11) is 0. The summed E-state index contributed by atoms with van der Waals surface area (Å²) >= 11 is 0. The standard InChI is InChI=1S/C10H21N3/c1-7(2)8-5-3-4-6-9(8)13-10(11)12/h7-9H,3-6H2,1-2H3,(H4,11,12,13). The summed E-state index contributed by atoms with van der Waals surface area (Å²) < 4.78 is 0. The van der Waals surface area contributed by atoms with Crippen molar-refractivity contribution in [3.63, 3.8) is 0 Å². The largest absolute Gasteiger partial charge is 0.370 e. The first kappa shape index (κ1) is 10.4. The maximum absolute atomic E-state index is 5.41. The molecule has 2 unspecified atom stereocenters. The zero-order valence-electron chi connectivity index (χ0n) is 8.66. The Labute approximate surface area is 80.6 Å². The van der Waals surface area contributed by atoms with Crippen molar-refractivity contribution in [2.75, 3.05) is 0 Å². The van der Waals surface area contributed by atoms with Gasteiger partial charge in [-0.1, -0.05) is 26.7 Å². The highest BCUT2D eigenvalue weighted by Gasteiger charge is 2.26. The topological polar surface area (TPSA) is 64.4 Å². The van der Waals surface area contributed by atoms with Crippen LogP contribution in [0.5, 0.6) is 0 Å². The van der Waals surface area contributed by atoms with E-state index >= 15 is 0 Å². The second kappa shape index (κ2) is 4.49. The molecule has 0 spiro atoms. The molecule has 0 aliphatic heterocycles. The van der Waals surface area contributed by atoms with Crippen LogP contribution in [0.4, 0.5) is 0 Å². The molecule has 1 rings (SSSR count). The molecule has 0 aromatic carbocycles. The van der Waals surface area contributed by atoms with Crippen molar-refractivity contribution in [1.82, 2.24) is 0 Å². The monoisotopic (exact) mass is 183 g/mol. The predicted octanol–water partition coefficient (Wildman–Crippen LogP) is 1.47. The molecule has 0 heterocycles. The Bertz CT molecular complexity index is 183. The van der Waals surface area contributed by atoms with Gasteiger partial charge in [0.05, 0.1) is 6.04 Å². The van der Waals surface area contributed by atoms with Crippen LogP contribution in [0.3, 0.4) is 0 Å². The molecule has 2 atom stereocenters. The van der Waals surface area contributed by atoms with Crippen LogP contribution in [0.2, 0.25) is 0 Å². The van der Waals surface area contributed by atoms with E-state index in [1.165, 1.54) is 19.3 Å². The zero-order chi connectivity index (χ0) is 9.84. The highest BCUT2D eigenvalue weighted by molar-refractivity contribution is 5.75. The number of nitrogens with zero attached hydrogens (tertiary/aromatic N) is 1. The molecule has 4 N–H and O–H groups in total. The van der Waals surface area contributed by atoms with Gasteiger partial charge in [0.15, 0.2) is 5.96 Å². The van der Waals surface area contributed by atoms with E-state index in [-0.39, 0.29) is 5.96 Å². The summed E-state index contributed by atoms with van der Waals surface area (Å²) in [5, 5.41) is 0. The highest BCUT2D eigenvalue weighted by Crippen LogP contribution is 2.32.